The lowest BCUT2D eigenvalue weighted by atomic mass is 9.96. The predicted octanol–water partition coefficient (Wildman–Crippen LogP) is -2.00. The third-order valence-corrected chi connectivity index (χ3v) is 1.60. The molecule has 0 atom stereocenters. The second-order valence-corrected chi connectivity index (χ2v) is 3.26. The molecule has 0 radical (unpaired) electrons. The molecule has 0 rings (SSSR count). The molecule has 0 saturated carbocycles. The summed E-state index contributed by atoms with van der Waals surface area (Å²) in [6, 6.07) is 0. The molecule has 0 bridgehead atoms. The Hall–Kier alpha value is -0.140. The van der Waals surface area contributed by atoms with Gasteiger partial charge in [0.15, 0.2) is 0 Å². The van der Waals surface area contributed by atoms with Gasteiger partial charge in [0.25, 0.3) is 0 Å². The monoisotopic (exact) mass is 228 g/mol. The Bertz CT molecular complexity index is 148. The lowest BCUT2D eigenvalue weighted by molar-refractivity contribution is 0.0365. The average Bonchev–Trinajstić information content (AvgIpc) is 2.04. The standard InChI is InChI=1S/C6H17N3O.HO3P/c7-3-1-6(10,5-9)2-4-8;1-4(2)3/h10H,1-5,7-9H2;(H-,1,2,3)/p+1. The summed E-state index contributed by atoms with van der Waals surface area (Å²) in [5.74, 6) is 0. The molecule has 0 aromatic rings. The fraction of sp³-hybridized carbons (Fsp3) is 1.00. The summed E-state index contributed by atoms with van der Waals surface area (Å²) in [5, 5.41) is 9.54. The van der Waals surface area contributed by atoms with Crippen molar-refractivity contribution in [3.63, 3.8) is 0 Å². The van der Waals surface area contributed by atoms with Gasteiger partial charge in [-0.3, -0.25) is 0 Å². The van der Waals surface area contributed by atoms with Crippen molar-refractivity contribution < 1.29 is 19.5 Å². The smallest absolute Gasteiger partial charge is 0.388 e. The average molecular weight is 228 g/mol. The highest BCUT2D eigenvalue weighted by Gasteiger charge is 2.22. The molecule has 0 amide bonds. The Morgan fingerprint density at radius 3 is 1.50 bits per heavy atom. The van der Waals surface area contributed by atoms with E-state index in [4.69, 9.17) is 31.6 Å². The van der Waals surface area contributed by atoms with E-state index < -0.39 is 13.9 Å². The number of aliphatic hydroxyl groups is 1. The van der Waals surface area contributed by atoms with E-state index in [2.05, 4.69) is 0 Å². The van der Waals surface area contributed by atoms with Crippen LogP contribution in [0.1, 0.15) is 12.8 Å². The van der Waals surface area contributed by atoms with Gasteiger partial charge in [0.2, 0.25) is 0 Å². The highest BCUT2D eigenvalue weighted by atomic mass is 31.1. The van der Waals surface area contributed by atoms with E-state index >= 15 is 0 Å². The van der Waals surface area contributed by atoms with Gasteiger partial charge in [-0.1, -0.05) is 0 Å². The molecule has 86 valence electrons. The van der Waals surface area contributed by atoms with Crippen molar-refractivity contribution in [2.24, 2.45) is 17.2 Å². The molecule has 0 heterocycles. The molecule has 0 aromatic carbocycles. The van der Waals surface area contributed by atoms with E-state index in [0.717, 1.165) is 0 Å². The highest BCUT2D eigenvalue weighted by molar-refractivity contribution is 7.30. The highest BCUT2D eigenvalue weighted by Crippen LogP contribution is 2.10. The van der Waals surface area contributed by atoms with Crippen LogP contribution in [0.2, 0.25) is 0 Å². The van der Waals surface area contributed by atoms with Crippen molar-refractivity contribution in [2.45, 2.75) is 18.4 Å². The van der Waals surface area contributed by atoms with E-state index in [9.17, 15) is 5.11 Å². The van der Waals surface area contributed by atoms with Crippen LogP contribution in [0.25, 0.3) is 0 Å². The second-order valence-electron chi connectivity index (χ2n) is 2.76. The first-order valence-electron chi connectivity index (χ1n) is 4.09. The maximum Gasteiger partial charge on any atom is 0.692 e. The largest absolute Gasteiger partial charge is 0.692 e. The van der Waals surface area contributed by atoms with Gasteiger partial charge in [0.1, 0.15) is 0 Å². The van der Waals surface area contributed by atoms with Crippen molar-refractivity contribution in [3.8, 4) is 0 Å². The molecule has 14 heavy (non-hydrogen) atoms. The predicted molar refractivity (Wildman–Crippen MR) is 53.4 cm³/mol. The molecule has 0 aliphatic rings. The van der Waals surface area contributed by atoms with Crippen LogP contribution in [-0.2, 0) is 4.57 Å². The summed E-state index contributed by atoms with van der Waals surface area (Å²) >= 11 is 0. The van der Waals surface area contributed by atoms with Crippen LogP contribution < -0.4 is 17.2 Å². The summed E-state index contributed by atoms with van der Waals surface area (Å²) in [5.41, 5.74) is 15.0. The topological polar surface area (TPSA) is 156 Å². The molecule has 0 unspecified atom stereocenters. The second kappa shape index (κ2) is 9.42. The van der Waals surface area contributed by atoms with Crippen LogP contribution in [0.5, 0.6) is 0 Å². The molecule has 0 saturated heterocycles. The summed E-state index contributed by atoms with van der Waals surface area (Å²) < 4.78 is 8.70. The van der Waals surface area contributed by atoms with Gasteiger partial charge in [0.05, 0.1) is 5.60 Å². The van der Waals surface area contributed by atoms with Crippen LogP contribution >= 0.6 is 8.25 Å². The Balaban J connectivity index is 0. The fourth-order valence-corrected chi connectivity index (χ4v) is 0.866. The first-order chi connectivity index (χ1) is 6.41. The molecule has 0 aliphatic heterocycles. The first kappa shape index (κ1) is 16.3. The van der Waals surface area contributed by atoms with Gasteiger partial charge in [0, 0.05) is 11.1 Å². The lowest BCUT2D eigenvalue weighted by Crippen LogP contribution is -2.41. The molecule has 0 aromatic heterocycles. The van der Waals surface area contributed by atoms with Crippen LogP contribution in [0.3, 0.4) is 0 Å². The maximum atomic E-state index is 9.54. The van der Waals surface area contributed by atoms with Crippen molar-refractivity contribution in [3.05, 3.63) is 0 Å². The molecule has 7 nitrogen and oxygen atoms in total. The Kier molecular flexibility index (Phi) is 11.0. The van der Waals surface area contributed by atoms with Gasteiger partial charge in [-0.05, 0) is 25.9 Å². The van der Waals surface area contributed by atoms with Gasteiger partial charge < -0.3 is 22.3 Å². The van der Waals surface area contributed by atoms with E-state index in [1.54, 1.807) is 0 Å². The number of rotatable bonds is 5. The van der Waals surface area contributed by atoms with E-state index in [-0.39, 0.29) is 6.54 Å². The summed E-state index contributed by atoms with van der Waals surface area (Å²) in [4.78, 5) is 14.2. The van der Waals surface area contributed by atoms with E-state index in [1.807, 2.05) is 0 Å². The zero-order valence-electron chi connectivity index (χ0n) is 7.96. The van der Waals surface area contributed by atoms with Crippen LogP contribution in [0.15, 0.2) is 0 Å². The van der Waals surface area contributed by atoms with E-state index in [1.165, 1.54) is 0 Å². The maximum absolute atomic E-state index is 9.54. The first-order valence-corrected chi connectivity index (χ1v) is 5.26. The zero-order chi connectivity index (χ0) is 11.6. The molecule has 9 N–H and O–H groups in total. The Labute approximate surface area is 83.9 Å². The molecule has 0 fully saturated rings. The molecular formula is C6H19N3O4P+. The Morgan fingerprint density at radius 2 is 1.36 bits per heavy atom. The van der Waals surface area contributed by atoms with Gasteiger partial charge in [-0.25, -0.2) is 0 Å². The van der Waals surface area contributed by atoms with Crippen molar-refractivity contribution in [1.29, 1.82) is 0 Å². The molecular weight excluding hydrogens is 209 g/mol. The quantitative estimate of drug-likeness (QED) is 0.297. The lowest BCUT2D eigenvalue weighted by Gasteiger charge is -2.24. The SMILES string of the molecule is NCCC(O)(CN)CCN.O=[P+](O)O. The van der Waals surface area contributed by atoms with Crippen molar-refractivity contribution in [2.75, 3.05) is 19.6 Å². The Morgan fingerprint density at radius 1 is 1.07 bits per heavy atom. The zero-order valence-corrected chi connectivity index (χ0v) is 8.86. The minimum atomic E-state index is -2.87. The minimum absolute atomic E-state index is 0.237. The van der Waals surface area contributed by atoms with Crippen LogP contribution in [-0.4, -0.2) is 40.1 Å². The van der Waals surface area contributed by atoms with Crippen LogP contribution in [0.4, 0.5) is 0 Å². The minimum Gasteiger partial charge on any atom is -0.388 e. The van der Waals surface area contributed by atoms with Crippen molar-refractivity contribution in [1.82, 2.24) is 0 Å². The van der Waals surface area contributed by atoms with Gasteiger partial charge >= 0.3 is 8.25 Å². The molecule has 8 heteroatoms. The number of hydrogen-bond acceptors (Lipinski definition) is 5. The van der Waals surface area contributed by atoms with Crippen LogP contribution in [0, 0.1) is 0 Å². The number of hydrogen-bond donors (Lipinski definition) is 6. The third kappa shape index (κ3) is 11.9. The normalized spacial score (nSPS) is 10.4. The van der Waals surface area contributed by atoms with Gasteiger partial charge in [-0.2, -0.15) is 0 Å². The molecule has 0 spiro atoms. The summed E-state index contributed by atoms with van der Waals surface area (Å²) in [6.45, 7) is 1.14. The number of nitrogens with two attached hydrogens (primary N) is 3. The van der Waals surface area contributed by atoms with E-state index in [0.29, 0.717) is 25.9 Å². The van der Waals surface area contributed by atoms with Crippen molar-refractivity contribution >= 4 is 8.25 Å². The molecule has 0 aliphatic carbocycles. The fourth-order valence-electron chi connectivity index (χ4n) is 0.866. The summed E-state index contributed by atoms with van der Waals surface area (Å²) in [6.07, 6.45) is 1.06. The third-order valence-electron chi connectivity index (χ3n) is 1.60. The summed E-state index contributed by atoms with van der Waals surface area (Å²) in [7, 11) is -2.87. The van der Waals surface area contributed by atoms with Gasteiger partial charge in [-0.15, -0.1) is 9.79 Å².